The summed E-state index contributed by atoms with van der Waals surface area (Å²) in [5.74, 6) is -0.294. The third-order valence-corrected chi connectivity index (χ3v) is 3.13. The summed E-state index contributed by atoms with van der Waals surface area (Å²) < 4.78 is 0. The van der Waals surface area contributed by atoms with Crippen molar-refractivity contribution in [1.82, 2.24) is 4.98 Å². The van der Waals surface area contributed by atoms with Gasteiger partial charge in [-0.25, -0.2) is 4.98 Å². The van der Waals surface area contributed by atoms with Crippen molar-refractivity contribution < 1.29 is 4.79 Å². The van der Waals surface area contributed by atoms with Gasteiger partial charge >= 0.3 is 0 Å². The van der Waals surface area contributed by atoms with Crippen LogP contribution in [0, 0.1) is 0 Å². The number of hydrogen-bond donors (Lipinski definition) is 1. The molecule has 1 aromatic heterocycles. The molecular weight excluding hydrogens is 295 g/mol. The number of hydrogen-bond acceptors (Lipinski definition) is 2. The smallest absolute Gasteiger partial charge is 0.257 e. The van der Waals surface area contributed by atoms with Crippen LogP contribution in [-0.2, 0) is 0 Å². The first-order chi connectivity index (χ1) is 8.56. The number of aromatic nitrogens is 1. The highest BCUT2D eigenvalue weighted by Crippen LogP contribution is 2.25. The highest BCUT2D eigenvalue weighted by atomic mass is 35.5. The molecule has 0 saturated carbocycles. The zero-order chi connectivity index (χ0) is 13.1. The van der Waals surface area contributed by atoms with Crippen molar-refractivity contribution in [3.63, 3.8) is 0 Å². The fourth-order valence-electron chi connectivity index (χ4n) is 1.29. The molecule has 0 aliphatic heterocycles. The van der Waals surface area contributed by atoms with Crippen molar-refractivity contribution in [3.8, 4) is 0 Å². The van der Waals surface area contributed by atoms with E-state index in [1.165, 1.54) is 6.20 Å². The van der Waals surface area contributed by atoms with Crippen LogP contribution < -0.4 is 5.32 Å². The number of carbonyl (C=O) groups excluding carboxylic acids is 1. The zero-order valence-corrected chi connectivity index (χ0v) is 11.2. The van der Waals surface area contributed by atoms with E-state index >= 15 is 0 Å². The maximum Gasteiger partial charge on any atom is 0.257 e. The summed E-state index contributed by atoms with van der Waals surface area (Å²) in [5.41, 5.74) is 0.967. The summed E-state index contributed by atoms with van der Waals surface area (Å²) in [7, 11) is 0. The average Bonchev–Trinajstić information content (AvgIpc) is 2.34. The van der Waals surface area contributed by atoms with E-state index in [0.29, 0.717) is 26.4 Å². The molecule has 0 unspecified atom stereocenters. The third-order valence-electron chi connectivity index (χ3n) is 2.17. The van der Waals surface area contributed by atoms with Crippen molar-refractivity contribution >= 4 is 46.4 Å². The van der Waals surface area contributed by atoms with Gasteiger partial charge in [0.05, 0.1) is 15.6 Å². The van der Waals surface area contributed by atoms with E-state index in [2.05, 4.69) is 10.3 Å². The molecule has 0 aliphatic rings. The van der Waals surface area contributed by atoms with Gasteiger partial charge in [-0.2, -0.15) is 0 Å². The van der Waals surface area contributed by atoms with Crippen molar-refractivity contribution in [1.29, 1.82) is 0 Å². The minimum absolute atomic E-state index is 0.294. The molecular formula is C12H7Cl3N2O. The number of nitrogens with one attached hydrogen (secondary N) is 1. The average molecular weight is 302 g/mol. The molecule has 0 saturated heterocycles. The summed E-state index contributed by atoms with van der Waals surface area (Å²) in [5, 5.41) is 3.83. The van der Waals surface area contributed by atoms with Crippen LogP contribution in [-0.4, -0.2) is 10.9 Å². The number of nitrogens with zero attached hydrogens (tertiary/aromatic N) is 1. The van der Waals surface area contributed by atoms with Crippen LogP contribution in [0.2, 0.25) is 15.2 Å². The molecule has 1 N–H and O–H groups in total. The molecule has 1 heterocycles. The predicted molar refractivity (Wildman–Crippen MR) is 73.7 cm³/mol. The molecule has 6 heteroatoms. The molecule has 0 atom stereocenters. The first kappa shape index (κ1) is 13.1. The second-order valence-electron chi connectivity index (χ2n) is 3.45. The minimum atomic E-state index is -0.294. The Labute approximate surface area is 119 Å². The molecule has 0 fully saturated rings. The van der Waals surface area contributed by atoms with Gasteiger partial charge in [-0.1, -0.05) is 34.8 Å². The van der Waals surface area contributed by atoms with Crippen molar-refractivity contribution in [3.05, 3.63) is 57.3 Å². The number of amides is 1. The number of anilines is 1. The molecule has 18 heavy (non-hydrogen) atoms. The van der Waals surface area contributed by atoms with Crippen LogP contribution in [0.4, 0.5) is 5.69 Å². The number of pyridine rings is 1. The number of benzene rings is 1. The van der Waals surface area contributed by atoms with Gasteiger partial charge in [0.25, 0.3) is 5.91 Å². The van der Waals surface area contributed by atoms with Gasteiger partial charge in [0.1, 0.15) is 5.15 Å². The van der Waals surface area contributed by atoms with Gasteiger partial charge < -0.3 is 5.32 Å². The second-order valence-corrected chi connectivity index (χ2v) is 4.65. The Hall–Kier alpha value is -1.29. The summed E-state index contributed by atoms with van der Waals surface area (Å²) in [4.78, 5) is 15.7. The Balaban J connectivity index is 2.16. The topological polar surface area (TPSA) is 42.0 Å². The number of carbonyl (C=O) groups is 1. The summed E-state index contributed by atoms with van der Waals surface area (Å²) in [6.07, 6.45) is 1.40. The van der Waals surface area contributed by atoms with E-state index < -0.39 is 0 Å². The van der Waals surface area contributed by atoms with Gasteiger partial charge in [0.2, 0.25) is 0 Å². The van der Waals surface area contributed by atoms with E-state index in [9.17, 15) is 4.79 Å². The van der Waals surface area contributed by atoms with E-state index in [1.54, 1.807) is 30.3 Å². The van der Waals surface area contributed by atoms with Crippen LogP contribution >= 0.6 is 34.8 Å². The highest BCUT2D eigenvalue weighted by molar-refractivity contribution is 6.42. The predicted octanol–water partition coefficient (Wildman–Crippen LogP) is 4.29. The SMILES string of the molecule is O=C(Nc1ccc(Cl)c(Cl)c1)c1ccc(Cl)nc1. The lowest BCUT2D eigenvalue weighted by molar-refractivity contribution is 0.102. The van der Waals surface area contributed by atoms with Gasteiger partial charge in [-0.05, 0) is 30.3 Å². The number of halogens is 3. The fraction of sp³-hybridized carbons (Fsp3) is 0. The highest BCUT2D eigenvalue weighted by Gasteiger charge is 2.07. The van der Waals surface area contributed by atoms with Gasteiger partial charge in [0, 0.05) is 11.9 Å². The van der Waals surface area contributed by atoms with Crippen molar-refractivity contribution in [2.24, 2.45) is 0 Å². The van der Waals surface area contributed by atoms with Crippen LogP contribution in [0.3, 0.4) is 0 Å². The van der Waals surface area contributed by atoms with Crippen molar-refractivity contribution in [2.75, 3.05) is 5.32 Å². The standard InChI is InChI=1S/C12H7Cl3N2O/c13-9-3-2-8(5-10(9)14)17-12(18)7-1-4-11(15)16-6-7/h1-6H,(H,17,18). The lowest BCUT2D eigenvalue weighted by Crippen LogP contribution is -2.12. The Morgan fingerprint density at radius 2 is 1.83 bits per heavy atom. The second kappa shape index (κ2) is 5.57. The molecule has 3 nitrogen and oxygen atoms in total. The maximum absolute atomic E-state index is 11.9. The molecule has 0 aliphatic carbocycles. The van der Waals surface area contributed by atoms with Gasteiger partial charge in [-0.15, -0.1) is 0 Å². The van der Waals surface area contributed by atoms with Crippen LogP contribution in [0.15, 0.2) is 36.5 Å². The molecule has 0 spiro atoms. The summed E-state index contributed by atoms with van der Waals surface area (Å²) in [6, 6.07) is 7.98. The van der Waals surface area contributed by atoms with Crippen molar-refractivity contribution in [2.45, 2.75) is 0 Å². The van der Waals surface area contributed by atoms with Crippen LogP contribution in [0.5, 0.6) is 0 Å². The lowest BCUT2D eigenvalue weighted by atomic mass is 10.2. The lowest BCUT2D eigenvalue weighted by Gasteiger charge is -2.06. The van der Waals surface area contributed by atoms with E-state index in [4.69, 9.17) is 34.8 Å². The molecule has 2 rings (SSSR count). The fourth-order valence-corrected chi connectivity index (χ4v) is 1.70. The first-order valence-electron chi connectivity index (χ1n) is 4.94. The normalized spacial score (nSPS) is 10.2. The van der Waals surface area contributed by atoms with E-state index in [0.717, 1.165) is 0 Å². The monoisotopic (exact) mass is 300 g/mol. The Morgan fingerprint density at radius 3 is 2.44 bits per heavy atom. The van der Waals surface area contributed by atoms with Crippen LogP contribution in [0.25, 0.3) is 0 Å². The molecule has 1 aromatic carbocycles. The van der Waals surface area contributed by atoms with E-state index in [-0.39, 0.29) is 5.91 Å². The zero-order valence-electron chi connectivity index (χ0n) is 8.95. The maximum atomic E-state index is 11.9. The summed E-state index contributed by atoms with van der Waals surface area (Å²) >= 11 is 17.3. The Bertz CT molecular complexity index is 584. The Kier molecular flexibility index (Phi) is 4.07. The molecule has 0 radical (unpaired) electrons. The third kappa shape index (κ3) is 3.13. The first-order valence-corrected chi connectivity index (χ1v) is 6.07. The molecule has 92 valence electrons. The summed E-state index contributed by atoms with van der Waals surface area (Å²) in [6.45, 7) is 0. The Morgan fingerprint density at radius 1 is 1.06 bits per heavy atom. The van der Waals surface area contributed by atoms with Gasteiger partial charge in [0.15, 0.2) is 0 Å². The van der Waals surface area contributed by atoms with Gasteiger partial charge in [-0.3, -0.25) is 4.79 Å². The minimum Gasteiger partial charge on any atom is -0.322 e. The molecule has 1 amide bonds. The van der Waals surface area contributed by atoms with E-state index in [1.807, 2.05) is 0 Å². The molecule has 0 bridgehead atoms. The van der Waals surface area contributed by atoms with Crippen LogP contribution in [0.1, 0.15) is 10.4 Å². The largest absolute Gasteiger partial charge is 0.322 e. The number of rotatable bonds is 2. The molecule has 2 aromatic rings. The quantitative estimate of drug-likeness (QED) is 0.841.